The zero-order chi connectivity index (χ0) is 13.0. The predicted molar refractivity (Wildman–Crippen MR) is 74.2 cm³/mol. The molecular formula is C13H27N3O. The Balaban J connectivity index is 3.96. The lowest BCUT2D eigenvalue weighted by Gasteiger charge is -2.32. The number of rotatable bonds is 12. The molecule has 0 heterocycles. The van der Waals surface area contributed by atoms with Gasteiger partial charge in [0.05, 0.1) is 6.61 Å². The lowest BCUT2D eigenvalue weighted by Crippen LogP contribution is -2.50. The predicted octanol–water partition coefficient (Wildman–Crippen LogP) is 0.268. The maximum Gasteiger partial charge on any atom is 0.0614 e. The first kappa shape index (κ1) is 16.3. The Bertz CT molecular complexity index is 185. The van der Waals surface area contributed by atoms with Gasteiger partial charge in [-0.05, 0) is 33.0 Å². The maximum atomic E-state index is 9.53. The molecule has 17 heavy (non-hydrogen) atoms. The SMILES string of the molecule is C=CCNCCC(CO)(CCNCC=C)NC. The first-order valence-electron chi connectivity index (χ1n) is 6.17. The van der Waals surface area contributed by atoms with Crippen LogP contribution in [0, 0.1) is 0 Å². The van der Waals surface area contributed by atoms with E-state index in [1.807, 2.05) is 19.2 Å². The van der Waals surface area contributed by atoms with Crippen molar-refractivity contribution in [3.63, 3.8) is 0 Å². The van der Waals surface area contributed by atoms with Crippen LogP contribution in [0.5, 0.6) is 0 Å². The van der Waals surface area contributed by atoms with Crippen molar-refractivity contribution in [1.29, 1.82) is 0 Å². The van der Waals surface area contributed by atoms with Crippen LogP contribution in [0.4, 0.5) is 0 Å². The van der Waals surface area contributed by atoms with Gasteiger partial charge in [-0.2, -0.15) is 0 Å². The molecule has 0 aromatic heterocycles. The summed E-state index contributed by atoms with van der Waals surface area (Å²) >= 11 is 0. The van der Waals surface area contributed by atoms with Gasteiger partial charge in [-0.1, -0.05) is 12.2 Å². The Morgan fingerprint density at radius 3 is 1.82 bits per heavy atom. The zero-order valence-electron chi connectivity index (χ0n) is 11.0. The van der Waals surface area contributed by atoms with Crippen LogP contribution in [-0.4, -0.2) is 50.5 Å². The van der Waals surface area contributed by atoms with Gasteiger partial charge in [-0.15, -0.1) is 13.2 Å². The molecule has 0 radical (unpaired) electrons. The van der Waals surface area contributed by atoms with E-state index in [2.05, 4.69) is 29.1 Å². The highest BCUT2D eigenvalue weighted by Crippen LogP contribution is 2.13. The molecule has 0 fully saturated rings. The minimum atomic E-state index is -0.206. The third kappa shape index (κ3) is 7.28. The summed E-state index contributed by atoms with van der Waals surface area (Å²) in [6.07, 6.45) is 5.46. The summed E-state index contributed by atoms with van der Waals surface area (Å²) < 4.78 is 0. The lowest BCUT2D eigenvalue weighted by atomic mass is 9.92. The Kier molecular flexibility index (Phi) is 10.1. The molecule has 0 rings (SSSR count). The van der Waals surface area contributed by atoms with Crippen LogP contribution in [0.2, 0.25) is 0 Å². The average molecular weight is 241 g/mol. The summed E-state index contributed by atoms with van der Waals surface area (Å²) in [5.41, 5.74) is -0.206. The maximum absolute atomic E-state index is 9.53. The van der Waals surface area contributed by atoms with E-state index >= 15 is 0 Å². The van der Waals surface area contributed by atoms with E-state index in [0.29, 0.717) is 0 Å². The molecule has 4 nitrogen and oxygen atoms in total. The average Bonchev–Trinajstić information content (AvgIpc) is 2.37. The van der Waals surface area contributed by atoms with Crippen molar-refractivity contribution in [2.24, 2.45) is 0 Å². The molecular weight excluding hydrogens is 214 g/mol. The summed E-state index contributed by atoms with van der Waals surface area (Å²) in [5, 5.41) is 19.3. The van der Waals surface area contributed by atoms with Crippen LogP contribution in [0.15, 0.2) is 25.3 Å². The fraction of sp³-hybridized carbons (Fsp3) is 0.692. The van der Waals surface area contributed by atoms with Gasteiger partial charge >= 0.3 is 0 Å². The van der Waals surface area contributed by atoms with Crippen LogP contribution in [0.3, 0.4) is 0 Å². The molecule has 4 N–H and O–H groups in total. The molecule has 0 amide bonds. The number of aliphatic hydroxyl groups excluding tert-OH is 1. The molecule has 0 aliphatic rings. The molecule has 0 bridgehead atoms. The summed E-state index contributed by atoms with van der Waals surface area (Å²) in [6.45, 7) is 10.8. The van der Waals surface area contributed by atoms with Crippen molar-refractivity contribution in [1.82, 2.24) is 16.0 Å². The fourth-order valence-corrected chi connectivity index (χ4v) is 1.68. The minimum absolute atomic E-state index is 0.148. The van der Waals surface area contributed by atoms with Crippen molar-refractivity contribution in [3.8, 4) is 0 Å². The number of hydrogen-bond acceptors (Lipinski definition) is 4. The number of hydrogen-bond donors (Lipinski definition) is 4. The van der Waals surface area contributed by atoms with Crippen molar-refractivity contribution >= 4 is 0 Å². The summed E-state index contributed by atoms with van der Waals surface area (Å²) in [4.78, 5) is 0. The Morgan fingerprint density at radius 1 is 1.06 bits per heavy atom. The van der Waals surface area contributed by atoms with Crippen molar-refractivity contribution in [2.45, 2.75) is 18.4 Å². The first-order valence-corrected chi connectivity index (χ1v) is 6.17. The molecule has 0 aliphatic heterocycles. The second kappa shape index (κ2) is 10.5. The smallest absolute Gasteiger partial charge is 0.0614 e. The van der Waals surface area contributed by atoms with Crippen LogP contribution in [0.1, 0.15) is 12.8 Å². The molecule has 0 unspecified atom stereocenters. The zero-order valence-corrected chi connectivity index (χ0v) is 11.0. The van der Waals surface area contributed by atoms with Gasteiger partial charge in [0.2, 0.25) is 0 Å². The van der Waals surface area contributed by atoms with Crippen LogP contribution in [-0.2, 0) is 0 Å². The second-order valence-corrected chi connectivity index (χ2v) is 4.17. The van der Waals surface area contributed by atoms with Gasteiger partial charge in [-0.25, -0.2) is 0 Å². The third-order valence-electron chi connectivity index (χ3n) is 2.97. The molecule has 0 atom stereocenters. The normalized spacial score (nSPS) is 11.4. The highest BCUT2D eigenvalue weighted by Gasteiger charge is 2.25. The Hall–Kier alpha value is -0.680. The second-order valence-electron chi connectivity index (χ2n) is 4.17. The molecule has 0 aliphatic carbocycles. The topological polar surface area (TPSA) is 56.3 Å². The van der Waals surface area contributed by atoms with Crippen LogP contribution < -0.4 is 16.0 Å². The van der Waals surface area contributed by atoms with E-state index in [1.165, 1.54) is 0 Å². The van der Waals surface area contributed by atoms with E-state index in [0.717, 1.165) is 39.0 Å². The van der Waals surface area contributed by atoms with Gasteiger partial charge in [0.15, 0.2) is 0 Å². The minimum Gasteiger partial charge on any atom is -0.394 e. The third-order valence-corrected chi connectivity index (χ3v) is 2.97. The van der Waals surface area contributed by atoms with Gasteiger partial charge < -0.3 is 21.1 Å². The molecule has 0 aromatic rings. The monoisotopic (exact) mass is 241 g/mol. The van der Waals surface area contributed by atoms with E-state index in [-0.39, 0.29) is 12.1 Å². The Labute approximate surface area is 105 Å². The van der Waals surface area contributed by atoms with Crippen molar-refractivity contribution < 1.29 is 5.11 Å². The van der Waals surface area contributed by atoms with Crippen molar-refractivity contribution in [2.75, 3.05) is 39.8 Å². The quantitative estimate of drug-likeness (QED) is 0.293. The first-order chi connectivity index (χ1) is 8.24. The molecule has 0 saturated carbocycles. The number of likely N-dealkylation sites (N-methyl/N-ethyl adjacent to an activating group) is 1. The van der Waals surface area contributed by atoms with E-state index < -0.39 is 0 Å². The number of aliphatic hydroxyl groups is 1. The summed E-state index contributed by atoms with van der Waals surface area (Å²) in [5.74, 6) is 0. The van der Waals surface area contributed by atoms with Crippen LogP contribution in [0.25, 0.3) is 0 Å². The molecule has 0 saturated heterocycles. The largest absolute Gasteiger partial charge is 0.394 e. The molecule has 4 heteroatoms. The van der Waals surface area contributed by atoms with Crippen molar-refractivity contribution in [3.05, 3.63) is 25.3 Å². The van der Waals surface area contributed by atoms with E-state index in [1.54, 1.807) is 0 Å². The lowest BCUT2D eigenvalue weighted by molar-refractivity contribution is 0.150. The van der Waals surface area contributed by atoms with Crippen LogP contribution >= 0.6 is 0 Å². The van der Waals surface area contributed by atoms with Gasteiger partial charge in [-0.3, -0.25) is 0 Å². The highest BCUT2D eigenvalue weighted by atomic mass is 16.3. The fourth-order valence-electron chi connectivity index (χ4n) is 1.68. The van der Waals surface area contributed by atoms with E-state index in [4.69, 9.17) is 0 Å². The molecule has 100 valence electrons. The highest BCUT2D eigenvalue weighted by molar-refractivity contribution is 4.88. The van der Waals surface area contributed by atoms with Gasteiger partial charge in [0.1, 0.15) is 0 Å². The standard InChI is InChI=1S/C13H27N3O/c1-4-8-15-10-6-13(12-17,14-3)7-11-16-9-5-2/h4-5,14-17H,1-2,6-12H2,3H3. The van der Waals surface area contributed by atoms with E-state index in [9.17, 15) is 5.11 Å². The Morgan fingerprint density at radius 2 is 1.53 bits per heavy atom. The van der Waals surface area contributed by atoms with Gasteiger partial charge in [0.25, 0.3) is 0 Å². The van der Waals surface area contributed by atoms with Gasteiger partial charge in [0, 0.05) is 18.6 Å². The number of nitrogens with one attached hydrogen (secondary N) is 3. The summed E-state index contributed by atoms with van der Waals surface area (Å²) in [7, 11) is 1.90. The molecule has 0 aromatic carbocycles. The summed E-state index contributed by atoms with van der Waals surface area (Å²) in [6, 6.07) is 0. The molecule has 0 spiro atoms.